The molecule has 2 amide bonds. The second-order valence-corrected chi connectivity index (χ2v) is 4.06. The van der Waals surface area contributed by atoms with Crippen LogP contribution in [-0.4, -0.2) is 42.1 Å². The molecule has 1 aliphatic rings. The van der Waals surface area contributed by atoms with Gasteiger partial charge in [-0.2, -0.15) is 4.99 Å². The van der Waals surface area contributed by atoms with E-state index in [4.69, 9.17) is 10.5 Å². The first-order valence-electron chi connectivity index (χ1n) is 5.16. The van der Waals surface area contributed by atoms with Crippen LogP contribution in [0.15, 0.2) is 4.99 Å². The van der Waals surface area contributed by atoms with Gasteiger partial charge in [-0.1, -0.05) is 6.92 Å². The first kappa shape index (κ1) is 12.0. The van der Waals surface area contributed by atoms with Crippen molar-refractivity contribution in [2.75, 3.05) is 13.7 Å². The van der Waals surface area contributed by atoms with Gasteiger partial charge in [-0.05, 0) is 20.3 Å². The third kappa shape index (κ3) is 1.71. The van der Waals surface area contributed by atoms with Crippen LogP contribution in [0.1, 0.15) is 27.2 Å². The van der Waals surface area contributed by atoms with Crippen LogP contribution in [-0.2, 0) is 4.74 Å². The van der Waals surface area contributed by atoms with Crippen LogP contribution in [0.2, 0.25) is 0 Å². The average molecular weight is 213 g/mol. The van der Waals surface area contributed by atoms with E-state index in [1.54, 1.807) is 12.0 Å². The zero-order valence-corrected chi connectivity index (χ0v) is 9.78. The van der Waals surface area contributed by atoms with Gasteiger partial charge in [0, 0.05) is 13.2 Å². The minimum Gasteiger partial charge on any atom is -0.385 e. The number of carbonyl (C=O) groups excluding carboxylic acids is 1. The highest BCUT2D eigenvalue weighted by molar-refractivity contribution is 6.06. The van der Waals surface area contributed by atoms with Gasteiger partial charge >= 0.3 is 6.03 Å². The Kier molecular flexibility index (Phi) is 3.34. The molecule has 0 spiro atoms. The van der Waals surface area contributed by atoms with E-state index in [2.05, 4.69) is 4.99 Å². The lowest BCUT2D eigenvalue weighted by atomic mass is 9.93. The number of nitrogens with two attached hydrogens (primary N) is 1. The van der Waals surface area contributed by atoms with Crippen LogP contribution in [0.4, 0.5) is 4.79 Å². The number of ether oxygens (including phenoxy) is 1. The predicted molar refractivity (Wildman–Crippen MR) is 58.9 cm³/mol. The molecule has 1 atom stereocenters. The van der Waals surface area contributed by atoms with Gasteiger partial charge in [-0.15, -0.1) is 0 Å². The van der Waals surface area contributed by atoms with Crippen molar-refractivity contribution in [1.82, 2.24) is 4.90 Å². The number of aliphatic imine (C=N–C) groups is 1. The van der Waals surface area contributed by atoms with Crippen LogP contribution in [0.5, 0.6) is 0 Å². The van der Waals surface area contributed by atoms with E-state index in [9.17, 15) is 4.79 Å². The second kappa shape index (κ2) is 4.18. The molecule has 1 heterocycles. The Hall–Kier alpha value is -1.10. The highest BCUT2D eigenvalue weighted by Gasteiger charge is 2.48. The zero-order chi connectivity index (χ0) is 11.6. The summed E-state index contributed by atoms with van der Waals surface area (Å²) in [4.78, 5) is 17.2. The van der Waals surface area contributed by atoms with Crippen LogP contribution >= 0.6 is 0 Å². The third-order valence-electron chi connectivity index (χ3n) is 2.84. The Bertz CT molecular complexity index is 288. The standard InChI is InChI=1S/C10H19N3O2/c1-5-10(6-15-4)8(11)12-9(14)13(10)7(2)3/h7H,5-6H2,1-4H3,(H2,11,12,14). The summed E-state index contributed by atoms with van der Waals surface area (Å²) in [5.41, 5.74) is 5.28. The normalized spacial score (nSPS) is 26.3. The second-order valence-electron chi connectivity index (χ2n) is 4.06. The Morgan fingerprint density at radius 1 is 1.60 bits per heavy atom. The smallest absolute Gasteiger partial charge is 0.346 e. The Morgan fingerprint density at radius 2 is 2.20 bits per heavy atom. The molecule has 15 heavy (non-hydrogen) atoms. The fraction of sp³-hybridized carbons (Fsp3) is 0.800. The van der Waals surface area contributed by atoms with Crippen molar-refractivity contribution >= 4 is 11.9 Å². The summed E-state index contributed by atoms with van der Waals surface area (Å²) in [6.07, 6.45) is 0.708. The van der Waals surface area contributed by atoms with Crippen molar-refractivity contribution in [2.24, 2.45) is 10.7 Å². The van der Waals surface area contributed by atoms with E-state index in [0.29, 0.717) is 18.9 Å². The summed E-state index contributed by atoms with van der Waals surface area (Å²) in [5, 5.41) is 0. The van der Waals surface area contributed by atoms with E-state index in [-0.39, 0.29) is 12.1 Å². The van der Waals surface area contributed by atoms with Gasteiger partial charge in [0.15, 0.2) is 0 Å². The minimum absolute atomic E-state index is 0.0670. The summed E-state index contributed by atoms with van der Waals surface area (Å²) in [6, 6.07) is -0.196. The molecular weight excluding hydrogens is 194 g/mol. The topological polar surface area (TPSA) is 67.9 Å². The summed E-state index contributed by atoms with van der Waals surface area (Å²) < 4.78 is 5.16. The van der Waals surface area contributed by atoms with E-state index in [1.807, 2.05) is 20.8 Å². The molecule has 0 saturated heterocycles. The molecule has 1 unspecified atom stereocenters. The number of carbonyl (C=O) groups is 1. The van der Waals surface area contributed by atoms with Crippen molar-refractivity contribution in [1.29, 1.82) is 0 Å². The lowest BCUT2D eigenvalue weighted by Gasteiger charge is -2.39. The molecule has 86 valence electrons. The third-order valence-corrected chi connectivity index (χ3v) is 2.84. The van der Waals surface area contributed by atoms with E-state index in [0.717, 1.165) is 0 Å². The summed E-state index contributed by atoms with van der Waals surface area (Å²) in [6.45, 7) is 6.27. The SMILES string of the molecule is CCC1(COC)C(N)=NC(=O)N1C(C)C. The number of methoxy groups -OCH3 is 1. The minimum atomic E-state index is -0.556. The van der Waals surface area contributed by atoms with Crippen LogP contribution < -0.4 is 5.73 Å². The van der Waals surface area contributed by atoms with Gasteiger partial charge in [0.1, 0.15) is 11.4 Å². The molecule has 0 radical (unpaired) electrons. The lowest BCUT2D eigenvalue weighted by molar-refractivity contribution is 0.0656. The maximum Gasteiger partial charge on any atom is 0.346 e. The number of nitrogens with zero attached hydrogens (tertiary/aromatic N) is 2. The van der Waals surface area contributed by atoms with Gasteiger partial charge in [0.05, 0.1) is 6.61 Å². The predicted octanol–water partition coefficient (Wildman–Crippen LogP) is 0.983. The largest absolute Gasteiger partial charge is 0.385 e. The van der Waals surface area contributed by atoms with Crippen molar-refractivity contribution in [3.63, 3.8) is 0 Å². The Balaban J connectivity index is 3.09. The number of amides is 2. The fourth-order valence-electron chi connectivity index (χ4n) is 2.12. The number of rotatable bonds is 4. The molecule has 0 aromatic rings. The van der Waals surface area contributed by atoms with Crippen LogP contribution in [0.25, 0.3) is 0 Å². The summed E-state index contributed by atoms with van der Waals surface area (Å²) in [7, 11) is 1.60. The van der Waals surface area contributed by atoms with Gasteiger partial charge in [0.25, 0.3) is 0 Å². The molecule has 2 N–H and O–H groups in total. The van der Waals surface area contributed by atoms with Gasteiger partial charge in [-0.3, -0.25) is 0 Å². The van der Waals surface area contributed by atoms with E-state index in [1.165, 1.54) is 0 Å². The first-order chi connectivity index (χ1) is 6.99. The maximum atomic E-state index is 11.7. The molecule has 1 rings (SSSR count). The van der Waals surface area contributed by atoms with Crippen molar-refractivity contribution < 1.29 is 9.53 Å². The Morgan fingerprint density at radius 3 is 2.60 bits per heavy atom. The molecule has 0 aromatic carbocycles. The van der Waals surface area contributed by atoms with E-state index < -0.39 is 5.54 Å². The molecular formula is C10H19N3O2. The Labute approximate surface area is 90.3 Å². The van der Waals surface area contributed by atoms with Gasteiger partial charge in [-0.25, -0.2) is 4.79 Å². The molecule has 1 aliphatic heterocycles. The highest BCUT2D eigenvalue weighted by Crippen LogP contribution is 2.29. The number of hydrogen-bond acceptors (Lipinski definition) is 3. The van der Waals surface area contributed by atoms with E-state index >= 15 is 0 Å². The molecule has 5 heteroatoms. The fourth-order valence-corrected chi connectivity index (χ4v) is 2.12. The average Bonchev–Trinajstić information content (AvgIpc) is 2.39. The van der Waals surface area contributed by atoms with Crippen molar-refractivity contribution in [2.45, 2.75) is 38.8 Å². The van der Waals surface area contributed by atoms with Crippen molar-refractivity contribution in [3.8, 4) is 0 Å². The molecule has 0 saturated carbocycles. The first-order valence-corrected chi connectivity index (χ1v) is 5.16. The molecule has 0 fully saturated rings. The molecule has 0 aliphatic carbocycles. The van der Waals surface area contributed by atoms with Gasteiger partial charge in [0.2, 0.25) is 0 Å². The monoisotopic (exact) mass is 213 g/mol. The molecule has 0 aromatic heterocycles. The van der Waals surface area contributed by atoms with Gasteiger partial charge < -0.3 is 15.4 Å². The summed E-state index contributed by atoms with van der Waals surface area (Å²) in [5.74, 6) is 0.366. The van der Waals surface area contributed by atoms with Crippen molar-refractivity contribution in [3.05, 3.63) is 0 Å². The quantitative estimate of drug-likeness (QED) is 0.757. The number of hydrogen-bond donors (Lipinski definition) is 1. The molecule has 5 nitrogen and oxygen atoms in total. The number of urea groups is 1. The maximum absolute atomic E-state index is 11.7. The highest BCUT2D eigenvalue weighted by atomic mass is 16.5. The zero-order valence-electron chi connectivity index (χ0n) is 9.78. The number of amidine groups is 1. The van der Waals surface area contributed by atoms with Crippen LogP contribution in [0, 0.1) is 0 Å². The lowest BCUT2D eigenvalue weighted by Crippen LogP contribution is -2.59. The summed E-state index contributed by atoms with van der Waals surface area (Å²) >= 11 is 0. The molecule has 0 bridgehead atoms. The van der Waals surface area contributed by atoms with Crippen LogP contribution in [0.3, 0.4) is 0 Å².